The Bertz CT molecular complexity index is 1080. The highest BCUT2D eigenvalue weighted by atomic mass is 16.5. The van der Waals surface area contributed by atoms with Crippen LogP contribution in [0.15, 0.2) is 48.5 Å². The topological polar surface area (TPSA) is 105 Å². The SMILES string of the molecule is O=C(CC1(CNC(=O)OCC2c3ccccc3-c3ccccc32)CCC1)NC1CCCC1C(=O)O. The normalized spacial score (nSPS) is 21.9. The average Bonchev–Trinajstić information content (AvgIpc) is 3.42. The van der Waals surface area contributed by atoms with E-state index in [0.29, 0.717) is 25.8 Å². The summed E-state index contributed by atoms with van der Waals surface area (Å²) in [6.07, 6.45) is 4.67. The van der Waals surface area contributed by atoms with Gasteiger partial charge < -0.3 is 20.5 Å². The van der Waals surface area contributed by atoms with Crippen molar-refractivity contribution in [1.82, 2.24) is 10.6 Å². The van der Waals surface area contributed by atoms with E-state index < -0.39 is 18.0 Å². The number of fused-ring (bicyclic) bond motifs is 3. The maximum atomic E-state index is 12.7. The summed E-state index contributed by atoms with van der Waals surface area (Å²) >= 11 is 0. The van der Waals surface area contributed by atoms with Gasteiger partial charge in [-0.3, -0.25) is 9.59 Å². The number of ether oxygens (including phenoxy) is 1. The number of nitrogens with one attached hydrogen (secondary N) is 2. The standard InChI is InChI=1S/C28H32N2O5/c31-25(30-24-12-5-11-22(24)26(32)33)15-28(13-6-14-28)17-29-27(34)35-16-23-20-9-3-1-7-18(20)19-8-2-4-10-21(19)23/h1-4,7-10,22-24H,5-6,11-17H2,(H,29,34)(H,30,31)(H,32,33). The number of hydrogen-bond donors (Lipinski definition) is 3. The summed E-state index contributed by atoms with van der Waals surface area (Å²) in [5.74, 6) is -1.47. The van der Waals surface area contributed by atoms with E-state index in [1.165, 1.54) is 22.3 Å². The molecule has 3 N–H and O–H groups in total. The Morgan fingerprint density at radius 3 is 2.20 bits per heavy atom. The molecule has 0 radical (unpaired) electrons. The highest BCUT2D eigenvalue weighted by Gasteiger charge is 2.41. The molecule has 2 aromatic carbocycles. The fourth-order valence-electron chi connectivity index (χ4n) is 6.03. The lowest BCUT2D eigenvalue weighted by atomic mass is 9.66. The van der Waals surface area contributed by atoms with E-state index in [1.807, 2.05) is 24.3 Å². The van der Waals surface area contributed by atoms with E-state index in [1.54, 1.807) is 0 Å². The number of benzene rings is 2. The van der Waals surface area contributed by atoms with Gasteiger partial charge in [0.2, 0.25) is 5.91 Å². The Balaban J connectivity index is 1.14. The third kappa shape index (κ3) is 4.77. The Hall–Kier alpha value is -3.35. The summed E-state index contributed by atoms with van der Waals surface area (Å²) in [5.41, 5.74) is 4.42. The largest absolute Gasteiger partial charge is 0.481 e. The molecule has 0 heterocycles. The van der Waals surface area contributed by atoms with Gasteiger partial charge in [-0.25, -0.2) is 4.79 Å². The molecule has 2 fully saturated rings. The van der Waals surface area contributed by atoms with Gasteiger partial charge in [0.25, 0.3) is 0 Å². The van der Waals surface area contributed by atoms with Gasteiger partial charge >= 0.3 is 12.1 Å². The second kappa shape index (κ2) is 9.72. The molecule has 35 heavy (non-hydrogen) atoms. The van der Waals surface area contributed by atoms with Crippen LogP contribution in [0.3, 0.4) is 0 Å². The van der Waals surface area contributed by atoms with Gasteiger partial charge in [0, 0.05) is 24.9 Å². The number of alkyl carbamates (subject to hydrolysis) is 1. The van der Waals surface area contributed by atoms with Gasteiger partial charge in [-0.1, -0.05) is 61.4 Å². The van der Waals surface area contributed by atoms with Crippen LogP contribution >= 0.6 is 0 Å². The zero-order chi connectivity index (χ0) is 24.4. The molecule has 2 saturated carbocycles. The van der Waals surface area contributed by atoms with Crippen molar-refractivity contribution in [3.63, 3.8) is 0 Å². The Morgan fingerprint density at radius 1 is 0.943 bits per heavy atom. The average molecular weight is 477 g/mol. The van der Waals surface area contributed by atoms with E-state index in [0.717, 1.165) is 25.7 Å². The van der Waals surface area contributed by atoms with Crippen LogP contribution in [0.1, 0.15) is 62.0 Å². The molecule has 2 atom stereocenters. The fraction of sp³-hybridized carbons (Fsp3) is 0.464. The fourth-order valence-corrected chi connectivity index (χ4v) is 6.03. The highest BCUT2D eigenvalue weighted by Crippen LogP contribution is 2.45. The molecule has 0 bridgehead atoms. The Kier molecular flexibility index (Phi) is 6.50. The van der Waals surface area contributed by atoms with Crippen molar-refractivity contribution >= 4 is 18.0 Å². The monoisotopic (exact) mass is 476 g/mol. The first-order chi connectivity index (χ1) is 17.0. The number of carboxylic acid groups (broad SMARTS) is 1. The van der Waals surface area contributed by atoms with Crippen molar-refractivity contribution in [3.8, 4) is 11.1 Å². The third-order valence-electron chi connectivity index (χ3n) is 8.08. The second-order valence-corrected chi connectivity index (χ2v) is 10.3. The van der Waals surface area contributed by atoms with Crippen LogP contribution in [0.4, 0.5) is 4.79 Å². The maximum Gasteiger partial charge on any atom is 0.407 e. The molecule has 3 aliphatic rings. The molecule has 7 nitrogen and oxygen atoms in total. The Labute approximate surface area is 205 Å². The molecule has 5 rings (SSSR count). The van der Waals surface area contributed by atoms with Crippen LogP contribution in [0.5, 0.6) is 0 Å². The molecule has 7 heteroatoms. The summed E-state index contributed by atoms with van der Waals surface area (Å²) in [4.78, 5) is 36.7. The number of carboxylic acids is 1. The van der Waals surface area contributed by atoms with E-state index >= 15 is 0 Å². The van der Waals surface area contributed by atoms with Crippen LogP contribution in [0.25, 0.3) is 11.1 Å². The van der Waals surface area contributed by atoms with Crippen LogP contribution in [-0.4, -0.2) is 42.3 Å². The van der Waals surface area contributed by atoms with Gasteiger partial charge in [0.05, 0.1) is 5.92 Å². The summed E-state index contributed by atoms with van der Waals surface area (Å²) in [5, 5.41) is 15.2. The number of carbonyl (C=O) groups is 3. The van der Waals surface area contributed by atoms with E-state index in [2.05, 4.69) is 34.9 Å². The lowest BCUT2D eigenvalue weighted by Crippen LogP contribution is -2.48. The number of amides is 2. The lowest BCUT2D eigenvalue weighted by molar-refractivity contribution is -0.142. The second-order valence-electron chi connectivity index (χ2n) is 10.3. The molecule has 2 amide bonds. The first-order valence-electron chi connectivity index (χ1n) is 12.6. The smallest absolute Gasteiger partial charge is 0.407 e. The van der Waals surface area contributed by atoms with Gasteiger partial charge in [0.15, 0.2) is 0 Å². The molecular formula is C28H32N2O5. The molecule has 3 aliphatic carbocycles. The van der Waals surface area contributed by atoms with Crippen LogP contribution in [-0.2, 0) is 14.3 Å². The van der Waals surface area contributed by atoms with Crippen molar-refractivity contribution in [3.05, 3.63) is 59.7 Å². The maximum absolute atomic E-state index is 12.7. The first kappa shape index (κ1) is 23.4. The molecule has 2 aromatic rings. The first-order valence-corrected chi connectivity index (χ1v) is 12.6. The molecular weight excluding hydrogens is 444 g/mol. The molecule has 0 aliphatic heterocycles. The number of hydrogen-bond acceptors (Lipinski definition) is 4. The van der Waals surface area contributed by atoms with E-state index in [4.69, 9.17) is 4.74 Å². The van der Waals surface area contributed by atoms with Crippen molar-refractivity contribution in [2.75, 3.05) is 13.2 Å². The summed E-state index contributed by atoms with van der Waals surface area (Å²) in [7, 11) is 0. The van der Waals surface area contributed by atoms with E-state index in [9.17, 15) is 19.5 Å². The molecule has 0 saturated heterocycles. The Morgan fingerprint density at radius 2 is 1.60 bits per heavy atom. The quantitative estimate of drug-likeness (QED) is 0.522. The third-order valence-corrected chi connectivity index (χ3v) is 8.08. The van der Waals surface area contributed by atoms with Crippen molar-refractivity contribution in [2.45, 2.75) is 56.9 Å². The van der Waals surface area contributed by atoms with Crippen LogP contribution in [0, 0.1) is 11.3 Å². The number of rotatable bonds is 8. The predicted octanol–water partition coefficient (Wildman–Crippen LogP) is 4.46. The zero-order valence-electron chi connectivity index (χ0n) is 19.8. The highest BCUT2D eigenvalue weighted by molar-refractivity contribution is 5.80. The minimum Gasteiger partial charge on any atom is -0.481 e. The number of aliphatic carboxylic acids is 1. The van der Waals surface area contributed by atoms with Crippen molar-refractivity contribution in [1.29, 1.82) is 0 Å². The van der Waals surface area contributed by atoms with Crippen molar-refractivity contribution in [2.24, 2.45) is 11.3 Å². The van der Waals surface area contributed by atoms with Gasteiger partial charge in [-0.15, -0.1) is 0 Å². The molecule has 2 unspecified atom stereocenters. The van der Waals surface area contributed by atoms with Gasteiger partial charge in [-0.2, -0.15) is 0 Å². The van der Waals surface area contributed by atoms with E-state index in [-0.39, 0.29) is 29.9 Å². The summed E-state index contributed by atoms with van der Waals surface area (Å²) in [6.45, 7) is 0.635. The minimum atomic E-state index is -0.844. The zero-order valence-corrected chi connectivity index (χ0v) is 19.8. The summed E-state index contributed by atoms with van der Waals surface area (Å²) in [6, 6.07) is 16.1. The molecule has 0 aromatic heterocycles. The summed E-state index contributed by atoms with van der Waals surface area (Å²) < 4.78 is 5.64. The number of carbonyl (C=O) groups excluding carboxylic acids is 2. The minimum absolute atomic E-state index is 0.00480. The molecule has 0 spiro atoms. The van der Waals surface area contributed by atoms with Gasteiger partial charge in [0.1, 0.15) is 6.61 Å². The lowest BCUT2D eigenvalue weighted by Gasteiger charge is -2.41. The predicted molar refractivity (Wildman–Crippen MR) is 131 cm³/mol. The molecule has 184 valence electrons. The van der Waals surface area contributed by atoms with Gasteiger partial charge in [-0.05, 0) is 53.4 Å². The van der Waals surface area contributed by atoms with Crippen LogP contribution in [0.2, 0.25) is 0 Å². The van der Waals surface area contributed by atoms with Crippen molar-refractivity contribution < 1.29 is 24.2 Å². The van der Waals surface area contributed by atoms with Crippen LogP contribution < -0.4 is 10.6 Å².